The van der Waals surface area contributed by atoms with Crippen LogP contribution in [0.25, 0.3) is 0 Å². The van der Waals surface area contributed by atoms with E-state index in [1.807, 2.05) is 24.3 Å². The Bertz CT molecular complexity index is 689. The molecule has 1 fully saturated rings. The summed E-state index contributed by atoms with van der Waals surface area (Å²) in [4.78, 5) is 4.76. The van der Waals surface area contributed by atoms with Crippen molar-refractivity contribution in [1.82, 2.24) is 9.80 Å². The van der Waals surface area contributed by atoms with E-state index in [0.717, 1.165) is 44.7 Å². The van der Waals surface area contributed by atoms with Gasteiger partial charge < -0.3 is 14.5 Å². The summed E-state index contributed by atoms with van der Waals surface area (Å²) >= 11 is 6.37. The lowest BCUT2D eigenvalue weighted by Gasteiger charge is -2.33. The summed E-state index contributed by atoms with van der Waals surface area (Å²) in [6.45, 7) is 5.14. The second-order valence-electron chi connectivity index (χ2n) is 6.49. The first-order valence-corrected chi connectivity index (χ1v) is 9.08. The van der Waals surface area contributed by atoms with Crippen molar-refractivity contribution in [3.8, 4) is 5.75 Å². The van der Waals surface area contributed by atoms with Crippen molar-refractivity contribution in [2.24, 2.45) is 0 Å². The smallest absolute Gasteiger partial charge is 0.165 e. The summed E-state index contributed by atoms with van der Waals surface area (Å²) in [6.07, 6.45) is 0.493. The summed E-state index contributed by atoms with van der Waals surface area (Å²) in [5.74, 6) is -0.0788. The van der Waals surface area contributed by atoms with Gasteiger partial charge in [-0.25, -0.2) is 4.39 Å². The molecule has 0 saturated carbocycles. The molecule has 0 amide bonds. The molecule has 0 radical (unpaired) electrons. The highest BCUT2D eigenvalue weighted by Crippen LogP contribution is 2.31. The van der Waals surface area contributed by atoms with Crippen molar-refractivity contribution in [2.45, 2.75) is 12.5 Å². The van der Waals surface area contributed by atoms with Crippen LogP contribution in [0, 0.1) is 5.82 Å². The topological polar surface area (TPSA) is 15.7 Å². The third kappa shape index (κ3) is 4.94. The Morgan fingerprint density at radius 1 is 1.04 bits per heavy atom. The van der Waals surface area contributed by atoms with Gasteiger partial charge >= 0.3 is 0 Å². The van der Waals surface area contributed by atoms with Gasteiger partial charge in [0.25, 0.3) is 0 Å². The minimum atomic E-state index is -0.348. The summed E-state index contributed by atoms with van der Waals surface area (Å²) in [7, 11) is 2.14. The van der Waals surface area contributed by atoms with Crippen LogP contribution in [0.2, 0.25) is 5.02 Å². The number of halogens is 2. The average molecular weight is 363 g/mol. The molecule has 3 rings (SSSR count). The molecule has 1 aliphatic rings. The normalized spacial score (nSPS) is 17.4. The van der Waals surface area contributed by atoms with E-state index in [1.54, 1.807) is 18.2 Å². The summed E-state index contributed by atoms with van der Waals surface area (Å²) in [5.41, 5.74) is 0.904. The van der Waals surface area contributed by atoms with Crippen LogP contribution in [0.15, 0.2) is 48.5 Å². The zero-order valence-corrected chi connectivity index (χ0v) is 15.3. The monoisotopic (exact) mass is 362 g/mol. The average Bonchev–Trinajstić information content (AvgIpc) is 2.62. The number of para-hydroxylation sites is 1. The van der Waals surface area contributed by atoms with E-state index in [2.05, 4.69) is 16.8 Å². The van der Waals surface area contributed by atoms with Crippen LogP contribution in [0.1, 0.15) is 18.1 Å². The maximum Gasteiger partial charge on any atom is 0.165 e. The first kappa shape index (κ1) is 18.2. The molecule has 134 valence electrons. The lowest BCUT2D eigenvalue weighted by Crippen LogP contribution is -2.45. The molecule has 2 aromatic carbocycles. The Kier molecular flexibility index (Phi) is 6.29. The van der Waals surface area contributed by atoms with Gasteiger partial charge in [0, 0.05) is 49.7 Å². The van der Waals surface area contributed by atoms with Gasteiger partial charge in [0.05, 0.1) is 0 Å². The van der Waals surface area contributed by atoms with Gasteiger partial charge in [-0.1, -0.05) is 41.9 Å². The zero-order valence-electron chi connectivity index (χ0n) is 14.5. The van der Waals surface area contributed by atoms with Crippen molar-refractivity contribution in [3.05, 3.63) is 64.9 Å². The minimum Gasteiger partial charge on any atom is -0.483 e. The number of rotatable bonds is 6. The largest absolute Gasteiger partial charge is 0.483 e. The fraction of sp³-hybridized carbons (Fsp3) is 0.400. The highest BCUT2D eigenvalue weighted by Gasteiger charge is 2.21. The maximum atomic E-state index is 14.0. The SMILES string of the molecule is CN1CCN(CCC(Oc2ccccc2F)c2ccccc2Cl)CC1. The first-order valence-electron chi connectivity index (χ1n) is 8.70. The number of ether oxygens (including phenoxy) is 1. The van der Waals surface area contributed by atoms with E-state index in [9.17, 15) is 4.39 Å². The lowest BCUT2D eigenvalue weighted by molar-refractivity contribution is 0.121. The molecule has 5 heteroatoms. The highest BCUT2D eigenvalue weighted by atomic mass is 35.5. The van der Waals surface area contributed by atoms with Crippen LogP contribution in [-0.2, 0) is 0 Å². The Balaban J connectivity index is 1.73. The first-order chi connectivity index (χ1) is 12.1. The van der Waals surface area contributed by atoms with Crippen molar-refractivity contribution >= 4 is 11.6 Å². The van der Waals surface area contributed by atoms with Gasteiger partial charge in [-0.15, -0.1) is 0 Å². The maximum absolute atomic E-state index is 14.0. The summed E-state index contributed by atoms with van der Waals surface area (Å²) in [6, 6.07) is 14.2. The molecule has 1 saturated heterocycles. The van der Waals surface area contributed by atoms with Gasteiger partial charge in [0.2, 0.25) is 0 Å². The second-order valence-corrected chi connectivity index (χ2v) is 6.90. The van der Waals surface area contributed by atoms with E-state index in [4.69, 9.17) is 16.3 Å². The van der Waals surface area contributed by atoms with Crippen LogP contribution in [0.5, 0.6) is 5.75 Å². The molecule has 1 atom stereocenters. The van der Waals surface area contributed by atoms with Gasteiger partial charge in [0.1, 0.15) is 6.10 Å². The van der Waals surface area contributed by atoms with E-state index in [1.165, 1.54) is 6.07 Å². The number of nitrogens with zero attached hydrogens (tertiary/aromatic N) is 2. The number of hydrogen-bond acceptors (Lipinski definition) is 3. The molecular formula is C20H24ClFN2O. The predicted molar refractivity (Wildman–Crippen MR) is 99.8 cm³/mol. The quantitative estimate of drug-likeness (QED) is 0.764. The molecule has 3 nitrogen and oxygen atoms in total. The van der Waals surface area contributed by atoms with Crippen LogP contribution >= 0.6 is 11.6 Å². The molecule has 25 heavy (non-hydrogen) atoms. The standard InChI is InChI=1S/C20H24ClFN2O/c1-23-12-14-24(15-13-23)11-10-19(16-6-2-3-7-17(16)21)25-20-9-5-4-8-18(20)22/h2-9,19H,10-15H2,1H3. The number of hydrogen-bond donors (Lipinski definition) is 0. The molecule has 0 aromatic heterocycles. The van der Waals surface area contributed by atoms with Crippen molar-refractivity contribution in [1.29, 1.82) is 0 Å². The Morgan fingerprint density at radius 2 is 1.72 bits per heavy atom. The van der Waals surface area contributed by atoms with E-state index in [0.29, 0.717) is 5.02 Å². The van der Waals surface area contributed by atoms with Crippen molar-refractivity contribution < 1.29 is 9.13 Å². The molecule has 1 aliphatic heterocycles. The van der Waals surface area contributed by atoms with Crippen LogP contribution < -0.4 is 4.74 Å². The van der Waals surface area contributed by atoms with E-state index in [-0.39, 0.29) is 17.7 Å². The van der Waals surface area contributed by atoms with Crippen molar-refractivity contribution in [2.75, 3.05) is 39.8 Å². The molecule has 0 bridgehead atoms. The van der Waals surface area contributed by atoms with E-state index >= 15 is 0 Å². The number of likely N-dealkylation sites (N-methyl/N-ethyl adjacent to an activating group) is 1. The lowest BCUT2D eigenvalue weighted by atomic mass is 10.1. The van der Waals surface area contributed by atoms with Crippen molar-refractivity contribution in [3.63, 3.8) is 0 Å². The molecule has 1 heterocycles. The van der Waals surface area contributed by atoms with Crippen LogP contribution in [-0.4, -0.2) is 49.6 Å². The van der Waals surface area contributed by atoms with Gasteiger partial charge in [-0.05, 0) is 25.2 Å². The Labute approximate surface area is 154 Å². The fourth-order valence-corrected chi connectivity index (χ4v) is 3.34. The van der Waals surface area contributed by atoms with Gasteiger partial charge in [-0.2, -0.15) is 0 Å². The Morgan fingerprint density at radius 3 is 2.44 bits per heavy atom. The third-order valence-corrected chi connectivity index (χ3v) is 5.01. The third-order valence-electron chi connectivity index (χ3n) is 4.66. The van der Waals surface area contributed by atoms with Crippen LogP contribution in [0.3, 0.4) is 0 Å². The van der Waals surface area contributed by atoms with Crippen LogP contribution in [0.4, 0.5) is 4.39 Å². The molecule has 0 aliphatic carbocycles. The Hall–Kier alpha value is -1.62. The summed E-state index contributed by atoms with van der Waals surface area (Å²) in [5, 5.41) is 0.655. The number of benzene rings is 2. The number of piperazine rings is 1. The predicted octanol–water partition coefficient (Wildman–Crippen LogP) is 4.24. The molecule has 1 unspecified atom stereocenters. The molecule has 0 N–H and O–H groups in total. The molecule has 0 spiro atoms. The zero-order chi connectivity index (χ0) is 17.6. The van der Waals surface area contributed by atoms with E-state index < -0.39 is 0 Å². The minimum absolute atomic E-state index is 0.269. The highest BCUT2D eigenvalue weighted by molar-refractivity contribution is 6.31. The summed E-state index contributed by atoms with van der Waals surface area (Å²) < 4.78 is 20.1. The molecular weight excluding hydrogens is 339 g/mol. The second kappa shape index (κ2) is 8.65. The van der Waals surface area contributed by atoms with Gasteiger partial charge in [-0.3, -0.25) is 0 Å². The van der Waals surface area contributed by atoms with Gasteiger partial charge in [0.15, 0.2) is 11.6 Å². The molecule has 2 aromatic rings. The fourth-order valence-electron chi connectivity index (χ4n) is 3.08.